The maximum atomic E-state index is 13.5. The quantitative estimate of drug-likeness (QED) is 0.917. The fourth-order valence-corrected chi connectivity index (χ4v) is 1.94. The van der Waals surface area contributed by atoms with Gasteiger partial charge in [0.2, 0.25) is 0 Å². The molecule has 2 aromatic carbocycles. The van der Waals surface area contributed by atoms with E-state index < -0.39 is 11.6 Å². The van der Waals surface area contributed by atoms with Crippen LogP contribution < -0.4 is 5.32 Å². The maximum Gasteiger partial charge on any atom is 0.150 e. The van der Waals surface area contributed by atoms with Crippen molar-refractivity contribution in [2.24, 2.45) is 0 Å². The van der Waals surface area contributed by atoms with Gasteiger partial charge in [-0.25, -0.2) is 8.78 Å². The van der Waals surface area contributed by atoms with Gasteiger partial charge in [0.1, 0.15) is 5.82 Å². The Bertz CT molecular complexity index is 627. The highest BCUT2D eigenvalue weighted by Crippen LogP contribution is 2.27. The van der Waals surface area contributed by atoms with Gasteiger partial charge in [-0.2, -0.15) is 5.26 Å². The van der Waals surface area contributed by atoms with E-state index in [-0.39, 0.29) is 17.3 Å². The SMILES string of the molecule is N#Cc1ccccc1CNc1c(F)cc(F)cc1Cl. The van der Waals surface area contributed by atoms with Gasteiger partial charge < -0.3 is 5.32 Å². The van der Waals surface area contributed by atoms with E-state index in [0.717, 1.165) is 12.1 Å². The summed E-state index contributed by atoms with van der Waals surface area (Å²) in [6.07, 6.45) is 0. The Morgan fingerprint density at radius 1 is 1.21 bits per heavy atom. The second-order valence-electron chi connectivity index (χ2n) is 3.87. The van der Waals surface area contributed by atoms with Crippen molar-refractivity contribution in [2.75, 3.05) is 5.32 Å². The lowest BCUT2D eigenvalue weighted by molar-refractivity contribution is 0.585. The van der Waals surface area contributed by atoms with Crippen LogP contribution in [0.5, 0.6) is 0 Å². The van der Waals surface area contributed by atoms with Crippen molar-refractivity contribution in [1.29, 1.82) is 5.26 Å². The van der Waals surface area contributed by atoms with E-state index in [1.54, 1.807) is 24.3 Å². The van der Waals surface area contributed by atoms with Crippen LogP contribution in [0.15, 0.2) is 36.4 Å². The summed E-state index contributed by atoms with van der Waals surface area (Å²) in [7, 11) is 0. The molecule has 0 fully saturated rings. The van der Waals surface area contributed by atoms with E-state index in [9.17, 15) is 8.78 Å². The van der Waals surface area contributed by atoms with Crippen LogP contribution in [0.25, 0.3) is 0 Å². The molecule has 0 spiro atoms. The summed E-state index contributed by atoms with van der Waals surface area (Å²) in [6, 6.07) is 10.8. The van der Waals surface area contributed by atoms with Crippen molar-refractivity contribution in [3.8, 4) is 6.07 Å². The van der Waals surface area contributed by atoms with Gasteiger partial charge in [0.15, 0.2) is 5.82 Å². The van der Waals surface area contributed by atoms with Gasteiger partial charge in [0.05, 0.1) is 22.3 Å². The third kappa shape index (κ3) is 3.01. The molecule has 0 bridgehead atoms. The minimum absolute atomic E-state index is 0.0239. The van der Waals surface area contributed by atoms with Crippen LogP contribution in [-0.2, 0) is 6.54 Å². The van der Waals surface area contributed by atoms with Crippen LogP contribution in [-0.4, -0.2) is 0 Å². The molecule has 0 unspecified atom stereocenters. The molecule has 0 aromatic heterocycles. The molecule has 2 aromatic rings. The molecule has 5 heteroatoms. The Morgan fingerprint density at radius 2 is 1.95 bits per heavy atom. The van der Waals surface area contributed by atoms with Crippen molar-refractivity contribution in [3.63, 3.8) is 0 Å². The Balaban J connectivity index is 2.22. The summed E-state index contributed by atoms with van der Waals surface area (Å²) in [6.45, 7) is 0.228. The average Bonchev–Trinajstić information content (AvgIpc) is 2.38. The molecule has 0 atom stereocenters. The number of rotatable bonds is 3. The van der Waals surface area contributed by atoms with Crippen molar-refractivity contribution in [1.82, 2.24) is 0 Å². The van der Waals surface area contributed by atoms with Crippen molar-refractivity contribution in [3.05, 3.63) is 64.2 Å². The molecule has 1 N–H and O–H groups in total. The lowest BCUT2D eigenvalue weighted by Crippen LogP contribution is -2.04. The lowest BCUT2D eigenvalue weighted by atomic mass is 10.1. The van der Waals surface area contributed by atoms with Crippen LogP contribution in [0.2, 0.25) is 5.02 Å². The average molecular weight is 279 g/mol. The molecule has 0 saturated carbocycles. The summed E-state index contributed by atoms with van der Waals surface area (Å²) < 4.78 is 26.4. The monoisotopic (exact) mass is 278 g/mol. The summed E-state index contributed by atoms with van der Waals surface area (Å²) in [5.41, 5.74) is 1.23. The molecule has 0 aliphatic rings. The number of nitrogens with zero attached hydrogens (tertiary/aromatic N) is 1. The van der Waals surface area contributed by atoms with Crippen LogP contribution in [0.3, 0.4) is 0 Å². The van der Waals surface area contributed by atoms with Crippen LogP contribution in [0.1, 0.15) is 11.1 Å². The zero-order valence-electron chi connectivity index (χ0n) is 9.75. The molecule has 0 radical (unpaired) electrons. The standard InChI is InChI=1S/C14H9ClF2N2/c15-12-5-11(16)6-13(17)14(12)19-8-10-4-2-1-3-9(10)7-18/h1-6,19H,8H2. The highest BCUT2D eigenvalue weighted by molar-refractivity contribution is 6.33. The van der Waals surface area contributed by atoms with Gasteiger partial charge in [0.25, 0.3) is 0 Å². The van der Waals surface area contributed by atoms with Gasteiger partial charge in [0, 0.05) is 12.6 Å². The number of anilines is 1. The molecule has 2 rings (SSSR count). The topological polar surface area (TPSA) is 35.8 Å². The fraction of sp³-hybridized carbons (Fsp3) is 0.0714. The maximum absolute atomic E-state index is 13.5. The van der Waals surface area contributed by atoms with Gasteiger partial charge in [-0.1, -0.05) is 29.8 Å². The fourth-order valence-electron chi connectivity index (χ4n) is 1.68. The molecular weight excluding hydrogens is 270 g/mol. The first-order valence-corrected chi connectivity index (χ1v) is 5.86. The number of nitriles is 1. The zero-order valence-corrected chi connectivity index (χ0v) is 10.5. The first kappa shape index (κ1) is 13.3. The highest BCUT2D eigenvalue weighted by atomic mass is 35.5. The molecule has 96 valence electrons. The van der Waals surface area contributed by atoms with Gasteiger partial charge in [-0.05, 0) is 17.7 Å². The minimum Gasteiger partial charge on any atom is -0.377 e. The second kappa shape index (κ2) is 5.68. The third-order valence-electron chi connectivity index (χ3n) is 2.60. The smallest absolute Gasteiger partial charge is 0.150 e. The first-order chi connectivity index (χ1) is 9.11. The molecule has 19 heavy (non-hydrogen) atoms. The van der Waals surface area contributed by atoms with Crippen LogP contribution >= 0.6 is 11.6 Å². The Kier molecular flexibility index (Phi) is 3.98. The summed E-state index contributed by atoms with van der Waals surface area (Å²) >= 11 is 5.77. The molecule has 2 nitrogen and oxygen atoms in total. The molecule has 0 saturated heterocycles. The van der Waals surface area contributed by atoms with Gasteiger partial charge in [-0.15, -0.1) is 0 Å². The van der Waals surface area contributed by atoms with Crippen molar-refractivity contribution in [2.45, 2.75) is 6.54 Å². The molecule has 0 heterocycles. The first-order valence-electron chi connectivity index (χ1n) is 5.48. The number of nitrogens with one attached hydrogen (secondary N) is 1. The van der Waals surface area contributed by atoms with Crippen LogP contribution in [0, 0.1) is 23.0 Å². The lowest BCUT2D eigenvalue weighted by Gasteiger charge is -2.10. The predicted octanol–water partition coefficient (Wildman–Crippen LogP) is 4.10. The molecular formula is C14H9ClF2N2. The number of hydrogen-bond acceptors (Lipinski definition) is 2. The number of halogens is 3. The van der Waals surface area contributed by atoms with E-state index in [2.05, 4.69) is 5.32 Å². The van der Waals surface area contributed by atoms with Gasteiger partial charge >= 0.3 is 0 Å². The summed E-state index contributed by atoms with van der Waals surface area (Å²) in [4.78, 5) is 0. The Morgan fingerprint density at radius 3 is 2.63 bits per heavy atom. The van der Waals surface area contributed by atoms with Crippen molar-refractivity contribution >= 4 is 17.3 Å². The van der Waals surface area contributed by atoms with Crippen molar-refractivity contribution < 1.29 is 8.78 Å². The van der Waals surface area contributed by atoms with E-state index in [4.69, 9.17) is 16.9 Å². The van der Waals surface area contributed by atoms with E-state index >= 15 is 0 Å². The molecule has 0 amide bonds. The predicted molar refractivity (Wildman–Crippen MR) is 69.9 cm³/mol. The third-order valence-corrected chi connectivity index (χ3v) is 2.90. The van der Waals surface area contributed by atoms with Crippen LogP contribution in [0.4, 0.5) is 14.5 Å². The Labute approximate surface area is 114 Å². The largest absolute Gasteiger partial charge is 0.377 e. The summed E-state index contributed by atoms with van der Waals surface area (Å²) in [5, 5.41) is 11.7. The van der Waals surface area contributed by atoms with E-state index in [0.29, 0.717) is 11.1 Å². The number of benzene rings is 2. The molecule has 0 aliphatic carbocycles. The summed E-state index contributed by atoms with van der Waals surface area (Å²) in [5.74, 6) is -1.50. The normalized spacial score (nSPS) is 10.0. The second-order valence-corrected chi connectivity index (χ2v) is 4.27. The molecule has 0 aliphatic heterocycles. The minimum atomic E-state index is -0.764. The van der Waals surface area contributed by atoms with Gasteiger partial charge in [-0.3, -0.25) is 0 Å². The van der Waals surface area contributed by atoms with E-state index in [1.807, 2.05) is 6.07 Å². The number of hydrogen-bond donors (Lipinski definition) is 1. The zero-order chi connectivity index (χ0) is 13.8. The Hall–Kier alpha value is -2.12. The van der Waals surface area contributed by atoms with E-state index in [1.165, 1.54) is 0 Å². The highest BCUT2D eigenvalue weighted by Gasteiger charge is 2.10.